The van der Waals surface area contributed by atoms with E-state index in [0.717, 1.165) is 59.6 Å². The minimum absolute atomic E-state index is 0.211. The molecule has 2 aromatic heterocycles. The third kappa shape index (κ3) is 4.28. The fourth-order valence-corrected chi connectivity index (χ4v) is 5.35. The average molecular weight is 482 g/mol. The second kappa shape index (κ2) is 9.62. The summed E-state index contributed by atoms with van der Waals surface area (Å²) in [6.07, 6.45) is 9.30. The van der Waals surface area contributed by atoms with Crippen molar-refractivity contribution in [3.63, 3.8) is 0 Å². The highest BCUT2D eigenvalue weighted by atomic mass is 16.3. The number of hydrogen-bond acceptors (Lipinski definition) is 7. The van der Waals surface area contributed by atoms with Crippen LogP contribution < -0.4 is 15.5 Å². The normalized spacial score (nSPS) is 19.3. The molecule has 8 heteroatoms. The maximum absolute atomic E-state index is 10.9. The molecule has 0 saturated carbocycles. The van der Waals surface area contributed by atoms with Crippen molar-refractivity contribution in [3.8, 4) is 0 Å². The predicted molar refractivity (Wildman–Crippen MR) is 144 cm³/mol. The monoisotopic (exact) mass is 481 g/mol. The number of anilines is 4. The Labute approximate surface area is 210 Å². The molecule has 36 heavy (non-hydrogen) atoms. The molecule has 2 aliphatic rings. The quantitative estimate of drug-likeness (QED) is 0.326. The minimum atomic E-state index is -0.504. The summed E-state index contributed by atoms with van der Waals surface area (Å²) in [5.41, 5.74) is 5.20. The van der Waals surface area contributed by atoms with Crippen LogP contribution in [-0.2, 0) is 13.0 Å². The van der Waals surface area contributed by atoms with Gasteiger partial charge in [0.05, 0.1) is 42.3 Å². The van der Waals surface area contributed by atoms with E-state index in [0.29, 0.717) is 18.9 Å². The molecule has 6 rings (SSSR count). The van der Waals surface area contributed by atoms with E-state index in [1.807, 2.05) is 47.4 Å². The van der Waals surface area contributed by atoms with Gasteiger partial charge < -0.3 is 20.6 Å². The molecule has 1 aliphatic carbocycles. The van der Waals surface area contributed by atoms with Crippen LogP contribution >= 0.6 is 0 Å². The zero-order valence-corrected chi connectivity index (χ0v) is 20.3. The summed E-state index contributed by atoms with van der Waals surface area (Å²) in [7, 11) is 0. The van der Waals surface area contributed by atoms with Gasteiger partial charge in [-0.3, -0.25) is 4.68 Å². The van der Waals surface area contributed by atoms with E-state index in [1.54, 1.807) is 0 Å². The van der Waals surface area contributed by atoms with E-state index in [1.165, 1.54) is 12.0 Å². The summed E-state index contributed by atoms with van der Waals surface area (Å²) in [5, 5.41) is 23.3. The van der Waals surface area contributed by atoms with Crippen LogP contribution in [0.1, 0.15) is 36.4 Å². The lowest BCUT2D eigenvalue weighted by Gasteiger charge is -2.31. The van der Waals surface area contributed by atoms with Gasteiger partial charge in [-0.15, -0.1) is 6.58 Å². The second-order valence-corrected chi connectivity index (χ2v) is 9.58. The third-order valence-electron chi connectivity index (χ3n) is 7.17. The summed E-state index contributed by atoms with van der Waals surface area (Å²) >= 11 is 0. The molecule has 4 aromatic rings. The number of hydrogen-bond donors (Lipinski definition) is 3. The molecule has 8 nitrogen and oxygen atoms in total. The van der Waals surface area contributed by atoms with Gasteiger partial charge in [0.2, 0.25) is 5.95 Å². The van der Waals surface area contributed by atoms with Crippen LogP contribution in [0, 0.1) is 0 Å². The smallest absolute Gasteiger partial charge is 0.229 e. The summed E-state index contributed by atoms with van der Waals surface area (Å²) in [6.45, 7) is 6.44. The molecule has 2 unspecified atom stereocenters. The first-order valence-electron chi connectivity index (χ1n) is 12.7. The maximum atomic E-state index is 10.9. The molecule has 0 spiro atoms. The fraction of sp³-hybridized carbons (Fsp3) is 0.321. The molecule has 3 N–H and O–H groups in total. The molecular weight excluding hydrogens is 450 g/mol. The second-order valence-electron chi connectivity index (χ2n) is 9.58. The number of aromatic nitrogens is 4. The van der Waals surface area contributed by atoms with Gasteiger partial charge >= 0.3 is 0 Å². The van der Waals surface area contributed by atoms with Crippen LogP contribution in [0.25, 0.3) is 10.9 Å². The van der Waals surface area contributed by atoms with Crippen molar-refractivity contribution in [3.05, 3.63) is 78.6 Å². The Bertz CT molecular complexity index is 1390. The largest absolute Gasteiger partial charge is 0.390 e. The Morgan fingerprint density at radius 3 is 2.81 bits per heavy atom. The predicted octanol–water partition coefficient (Wildman–Crippen LogP) is 4.82. The Kier molecular flexibility index (Phi) is 6.03. The molecule has 2 atom stereocenters. The van der Waals surface area contributed by atoms with Gasteiger partial charge in [0, 0.05) is 30.6 Å². The van der Waals surface area contributed by atoms with Crippen LogP contribution in [0.15, 0.2) is 67.5 Å². The summed E-state index contributed by atoms with van der Waals surface area (Å²) in [4.78, 5) is 11.9. The Morgan fingerprint density at radius 2 is 1.94 bits per heavy atom. The molecule has 1 fully saturated rings. The van der Waals surface area contributed by atoms with Crippen molar-refractivity contribution in [2.24, 2.45) is 0 Å². The number of aliphatic hydroxyl groups excluding tert-OH is 1. The van der Waals surface area contributed by atoms with Gasteiger partial charge in [-0.05, 0) is 48.6 Å². The highest BCUT2D eigenvalue weighted by Crippen LogP contribution is 2.37. The van der Waals surface area contributed by atoms with Crippen molar-refractivity contribution < 1.29 is 5.11 Å². The number of piperidine rings is 1. The number of nitrogens with zero attached hydrogens (tertiary/aromatic N) is 5. The standard InChI is InChI=1S/C28H31N7O/c1-2-12-35-23-16-21(11-10-20(23)17-30-35)31-28-29-18-24(34-13-6-3-7-14-34)27(33-28)32-26-22-9-5-4-8-19(22)15-25(26)36/h2,4-5,8-11,16-18,25-26,36H,1,3,6-7,12-15H2,(H2,29,31,32,33). The first kappa shape index (κ1) is 22.5. The van der Waals surface area contributed by atoms with Gasteiger partial charge in [-0.1, -0.05) is 30.3 Å². The van der Waals surface area contributed by atoms with Crippen LogP contribution in [0.3, 0.4) is 0 Å². The average Bonchev–Trinajstić information content (AvgIpc) is 3.45. The molecule has 2 aromatic carbocycles. The minimum Gasteiger partial charge on any atom is -0.390 e. The van der Waals surface area contributed by atoms with E-state index in [4.69, 9.17) is 4.98 Å². The van der Waals surface area contributed by atoms with Gasteiger partial charge in [-0.25, -0.2) is 4.98 Å². The molecular formula is C28H31N7O. The topological polar surface area (TPSA) is 91.1 Å². The number of aliphatic hydroxyl groups is 1. The lowest BCUT2D eigenvalue weighted by molar-refractivity contribution is 0.165. The Hall–Kier alpha value is -3.91. The van der Waals surface area contributed by atoms with Crippen molar-refractivity contribution >= 4 is 34.0 Å². The molecule has 0 radical (unpaired) electrons. The van der Waals surface area contributed by atoms with Gasteiger partial charge in [0.1, 0.15) is 0 Å². The van der Waals surface area contributed by atoms with Crippen LogP contribution in [0.5, 0.6) is 0 Å². The number of rotatable bonds is 7. The maximum Gasteiger partial charge on any atom is 0.229 e. The van der Waals surface area contributed by atoms with Crippen molar-refractivity contribution in [2.45, 2.75) is 44.4 Å². The zero-order chi connectivity index (χ0) is 24.5. The van der Waals surface area contributed by atoms with E-state index in [2.05, 4.69) is 50.4 Å². The summed E-state index contributed by atoms with van der Waals surface area (Å²) in [6, 6.07) is 14.1. The van der Waals surface area contributed by atoms with Crippen LogP contribution in [0.2, 0.25) is 0 Å². The van der Waals surface area contributed by atoms with Crippen molar-refractivity contribution in [1.82, 2.24) is 19.7 Å². The van der Waals surface area contributed by atoms with E-state index < -0.39 is 6.10 Å². The lowest BCUT2D eigenvalue weighted by Crippen LogP contribution is -2.31. The van der Waals surface area contributed by atoms with Gasteiger partial charge in [-0.2, -0.15) is 10.1 Å². The van der Waals surface area contributed by atoms with Crippen molar-refractivity contribution in [2.75, 3.05) is 28.6 Å². The number of allylic oxidation sites excluding steroid dienone is 1. The van der Waals surface area contributed by atoms with Crippen LogP contribution in [0.4, 0.5) is 23.1 Å². The van der Waals surface area contributed by atoms with E-state index in [-0.39, 0.29) is 6.04 Å². The molecule has 184 valence electrons. The van der Waals surface area contributed by atoms with Gasteiger partial charge in [0.15, 0.2) is 5.82 Å². The molecule has 3 heterocycles. The van der Waals surface area contributed by atoms with Crippen LogP contribution in [-0.4, -0.2) is 44.0 Å². The van der Waals surface area contributed by atoms with Gasteiger partial charge in [0.25, 0.3) is 0 Å². The van der Waals surface area contributed by atoms with E-state index in [9.17, 15) is 5.11 Å². The van der Waals surface area contributed by atoms with E-state index >= 15 is 0 Å². The molecule has 0 amide bonds. The summed E-state index contributed by atoms with van der Waals surface area (Å²) in [5.74, 6) is 1.25. The summed E-state index contributed by atoms with van der Waals surface area (Å²) < 4.78 is 1.92. The number of benzene rings is 2. The molecule has 0 bridgehead atoms. The zero-order valence-electron chi connectivity index (χ0n) is 20.3. The first-order valence-corrected chi connectivity index (χ1v) is 12.7. The third-order valence-corrected chi connectivity index (χ3v) is 7.17. The Balaban J connectivity index is 1.33. The number of fused-ring (bicyclic) bond motifs is 2. The molecule has 1 saturated heterocycles. The molecule has 1 aliphatic heterocycles. The highest BCUT2D eigenvalue weighted by molar-refractivity contribution is 5.83. The van der Waals surface area contributed by atoms with Crippen molar-refractivity contribution in [1.29, 1.82) is 0 Å². The number of nitrogens with one attached hydrogen (secondary N) is 2. The highest BCUT2D eigenvalue weighted by Gasteiger charge is 2.32. The SMILES string of the molecule is C=CCn1ncc2ccc(Nc3ncc(N4CCCCC4)c(NC4c5ccccc5CC4O)n3)cc21. The first-order chi connectivity index (χ1) is 17.7. The lowest BCUT2D eigenvalue weighted by atomic mass is 10.1. The fourth-order valence-electron chi connectivity index (χ4n) is 5.35. The Morgan fingerprint density at radius 1 is 1.08 bits per heavy atom.